The molecule has 0 bridgehead atoms. The third-order valence-electron chi connectivity index (χ3n) is 6.65. The van der Waals surface area contributed by atoms with Gasteiger partial charge in [-0.25, -0.2) is 9.18 Å². The molecule has 4 aromatic carbocycles. The maximum atomic E-state index is 14.9. The first-order valence-electron chi connectivity index (χ1n) is 11.5. The molecule has 4 nitrogen and oxygen atoms in total. The molecule has 0 amide bonds. The summed E-state index contributed by atoms with van der Waals surface area (Å²) in [4.78, 5) is 11.5. The SMILES string of the molecule is C[C@@H](NC[C@H]1C[C@@H](c2cc(C(=O)O)ccc2F)c2ccccc2O1)c1cccc2ccccc12. The molecule has 0 fully saturated rings. The Bertz CT molecular complexity index is 1350. The molecule has 5 heteroatoms. The van der Waals surface area contributed by atoms with Crippen LogP contribution < -0.4 is 10.1 Å². The molecule has 0 aliphatic carbocycles. The van der Waals surface area contributed by atoms with Gasteiger partial charge in [0.2, 0.25) is 0 Å². The maximum absolute atomic E-state index is 14.9. The zero-order valence-corrected chi connectivity index (χ0v) is 18.9. The number of fused-ring (bicyclic) bond motifs is 2. The summed E-state index contributed by atoms with van der Waals surface area (Å²) in [5.41, 5.74) is 2.57. The number of carboxylic acid groups (broad SMARTS) is 1. The van der Waals surface area contributed by atoms with Crippen molar-refractivity contribution in [2.75, 3.05) is 6.54 Å². The fourth-order valence-electron chi connectivity index (χ4n) is 4.90. The van der Waals surface area contributed by atoms with Crippen molar-refractivity contribution in [2.24, 2.45) is 0 Å². The van der Waals surface area contributed by atoms with Gasteiger partial charge in [0.05, 0.1) is 5.56 Å². The molecule has 34 heavy (non-hydrogen) atoms. The van der Waals surface area contributed by atoms with E-state index in [9.17, 15) is 14.3 Å². The molecule has 0 unspecified atom stereocenters. The fraction of sp³-hybridized carbons (Fsp3) is 0.207. The highest BCUT2D eigenvalue weighted by Crippen LogP contribution is 2.41. The molecule has 4 aromatic rings. The van der Waals surface area contributed by atoms with E-state index in [1.807, 2.05) is 36.4 Å². The Morgan fingerprint density at radius 1 is 1.03 bits per heavy atom. The van der Waals surface area contributed by atoms with E-state index < -0.39 is 11.8 Å². The summed E-state index contributed by atoms with van der Waals surface area (Å²) < 4.78 is 21.1. The Labute approximate surface area is 198 Å². The number of ether oxygens (including phenoxy) is 1. The van der Waals surface area contributed by atoms with E-state index >= 15 is 0 Å². The lowest BCUT2D eigenvalue weighted by molar-refractivity contribution is 0.0696. The van der Waals surface area contributed by atoms with E-state index in [-0.39, 0.29) is 23.6 Å². The predicted molar refractivity (Wildman–Crippen MR) is 131 cm³/mol. The van der Waals surface area contributed by atoms with Crippen LogP contribution in [-0.2, 0) is 0 Å². The number of para-hydroxylation sites is 1. The van der Waals surface area contributed by atoms with Crippen molar-refractivity contribution in [1.82, 2.24) is 5.32 Å². The minimum Gasteiger partial charge on any atom is -0.489 e. The third-order valence-corrected chi connectivity index (χ3v) is 6.65. The number of hydrogen-bond donors (Lipinski definition) is 2. The van der Waals surface area contributed by atoms with Gasteiger partial charge in [-0.3, -0.25) is 0 Å². The van der Waals surface area contributed by atoms with Gasteiger partial charge in [-0.2, -0.15) is 0 Å². The van der Waals surface area contributed by atoms with Crippen LogP contribution in [0.25, 0.3) is 10.8 Å². The molecule has 1 aliphatic rings. The van der Waals surface area contributed by atoms with Crippen molar-refractivity contribution >= 4 is 16.7 Å². The fourth-order valence-corrected chi connectivity index (χ4v) is 4.90. The number of aromatic carboxylic acids is 1. The number of benzene rings is 4. The molecule has 1 aliphatic heterocycles. The number of carbonyl (C=O) groups is 1. The van der Waals surface area contributed by atoms with Crippen molar-refractivity contribution in [3.05, 3.63) is 113 Å². The van der Waals surface area contributed by atoms with Crippen LogP contribution in [0.3, 0.4) is 0 Å². The summed E-state index contributed by atoms with van der Waals surface area (Å²) in [5, 5.41) is 15.4. The molecule has 0 radical (unpaired) electrons. The van der Waals surface area contributed by atoms with Crippen molar-refractivity contribution in [2.45, 2.75) is 31.4 Å². The molecule has 3 atom stereocenters. The Morgan fingerprint density at radius 3 is 2.65 bits per heavy atom. The van der Waals surface area contributed by atoms with Gasteiger partial charge < -0.3 is 15.2 Å². The van der Waals surface area contributed by atoms with Gasteiger partial charge in [0.1, 0.15) is 17.7 Å². The number of carboxylic acids is 1. The van der Waals surface area contributed by atoms with E-state index in [1.54, 1.807) is 0 Å². The van der Waals surface area contributed by atoms with Crippen molar-refractivity contribution in [1.29, 1.82) is 0 Å². The summed E-state index contributed by atoms with van der Waals surface area (Å²) >= 11 is 0. The summed E-state index contributed by atoms with van der Waals surface area (Å²) in [5.74, 6) is -1.04. The number of hydrogen-bond acceptors (Lipinski definition) is 3. The topological polar surface area (TPSA) is 58.6 Å². The summed E-state index contributed by atoms with van der Waals surface area (Å²) in [6, 6.07) is 26.3. The quantitative estimate of drug-likeness (QED) is 0.358. The third kappa shape index (κ3) is 4.27. The first-order chi connectivity index (χ1) is 16.5. The normalized spacial score (nSPS) is 18.2. The van der Waals surface area contributed by atoms with Crippen LogP contribution in [-0.4, -0.2) is 23.7 Å². The number of nitrogens with one attached hydrogen (secondary N) is 1. The van der Waals surface area contributed by atoms with Gasteiger partial charge in [-0.05, 0) is 59.5 Å². The molecule has 0 saturated heterocycles. The van der Waals surface area contributed by atoms with Gasteiger partial charge in [-0.1, -0.05) is 60.7 Å². The second-order valence-electron chi connectivity index (χ2n) is 8.81. The molecule has 0 saturated carbocycles. The second-order valence-corrected chi connectivity index (χ2v) is 8.81. The highest BCUT2D eigenvalue weighted by Gasteiger charge is 2.31. The van der Waals surface area contributed by atoms with E-state index in [2.05, 4.69) is 42.6 Å². The lowest BCUT2D eigenvalue weighted by Gasteiger charge is -2.33. The van der Waals surface area contributed by atoms with Gasteiger partial charge in [-0.15, -0.1) is 0 Å². The predicted octanol–water partition coefficient (Wildman–Crippen LogP) is 6.31. The van der Waals surface area contributed by atoms with Crippen LogP contribution in [0.15, 0.2) is 84.9 Å². The van der Waals surface area contributed by atoms with E-state index in [0.717, 1.165) is 5.56 Å². The molecule has 2 N–H and O–H groups in total. The molecular weight excluding hydrogens is 429 g/mol. The van der Waals surface area contributed by atoms with Gasteiger partial charge in [0.15, 0.2) is 0 Å². The first-order valence-corrected chi connectivity index (χ1v) is 11.5. The Kier molecular flexibility index (Phi) is 6.03. The van der Waals surface area contributed by atoms with Crippen molar-refractivity contribution in [3.8, 4) is 5.75 Å². The molecule has 0 spiro atoms. The lowest BCUT2D eigenvalue weighted by Crippen LogP contribution is -2.37. The van der Waals surface area contributed by atoms with Crippen LogP contribution >= 0.6 is 0 Å². The molecule has 172 valence electrons. The van der Waals surface area contributed by atoms with E-state index in [0.29, 0.717) is 24.3 Å². The number of halogens is 1. The van der Waals surface area contributed by atoms with Crippen LogP contribution in [0.5, 0.6) is 5.75 Å². The average molecular weight is 456 g/mol. The van der Waals surface area contributed by atoms with Gasteiger partial charge in [0, 0.05) is 24.1 Å². The minimum atomic E-state index is -1.07. The first kappa shape index (κ1) is 22.1. The molecule has 0 aromatic heterocycles. The van der Waals surface area contributed by atoms with Gasteiger partial charge >= 0.3 is 5.97 Å². The standard InChI is InChI=1S/C29H26FNO3/c1-18(22-11-6-8-19-7-2-3-9-23(19)22)31-17-21-16-25(24-10-4-5-12-28(24)34-21)26-15-20(29(32)33)13-14-27(26)30/h2-15,18,21,25,31H,16-17H2,1H3,(H,32,33)/t18-,21-,25-/m1/s1. The monoisotopic (exact) mass is 455 g/mol. The van der Waals surface area contributed by atoms with Crippen LogP contribution in [0, 0.1) is 5.82 Å². The highest BCUT2D eigenvalue weighted by molar-refractivity contribution is 5.88. The highest BCUT2D eigenvalue weighted by atomic mass is 19.1. The largest absolute Gasteiger partial charge is 0.489 e. The molecule has 1 heterocycles. The Balaban J connectivity index is 1.40. The zero-order chi connectivity index (χ0) is 23.7. The smallest absolute Gasteiger partial charge is 0.335 e. The molecular formula is C29H26FNO3. The van der Waals surface area contributed by atoms with Crippen molar-refractivity contribution < 1.29 is 19.0 Å². The summed E-state index contributed by atoms with van der Waals surface area (Å²) in [7, 11) is 0. The second kappa shape index (κ2) is 9.27. The Hall–Kier alpha value is -3.70. The Morgan fingerprint density at radius 2 is 1.79 bits per heavy atom. The lowest BCUT2D eigenvalue weighted by atomic mass is 9.83. The molecule has 5 rings (SSSR count). The van der Waals surface area contributed by atoms with E-state index in [4.69, 9.17) is 4.74 Å². The summed E-state index contributed by atoms with van der Waals surface area (Å²) in [6.45, 7) is 2.71. The van der Waals surface area contributed by atoms with Crippen molar-refractivity contribution in [3.63, 3.8) is 0 Å². The van der Waals surface area contributed by atoms with Crippen LogP contribution in [0.4, 0.5) is 4.39 Å². The number of rotatable bonds is 6. The maximum Gasteiger partial charge on any atom is 0.335 e. The van der Waals surface area contributed by atoms with Gasteiger partial charge in [0.25, 0.3) is 0 Å². The van der Waals surface area contributed by atoms with Crippen LogP contribution in [0.2, 0.25) is 0 Å². The summed E-state index contributed by atoms with van der Waals surface area (Å²) in [6.07, 6.45) is 0.358. The van der Waals surface area contributed by atoms with Crippen LogP contribution in [0.1, 0.15) is 52.4 Å². The average Bonchev–Trinajstić information content (AvgIpc) is 2.86. The minimum absolute atomic E-state index is 0.0830. The van der Waals surface area contributed by atoms with E-state index in [1.165, 1.54) is 34.5 Å². The zero-order valence-electron chi connectivity index (χ0n) is 18.9.